The number of nitrogens with zero attached hydrogens (tertiary/aromatic N) is 3. The van der Waals surface area contributed by atoms with Crippen LogP contribution in [-0.4, -0.2) is 19.8 Å². The average Bonchev–Trinajstić information content (AvgIpc) is 2.69. The second-order valence-electron chi connectivity index (χ2n) is 4.35. The summed E-state index contributed by atoms with van der Waals surface area (Å²) in [5.74, 6) is 0.238. The quantitative estimate of drug-likeness (QED) is 0.689. The molecule has 1 N–H and O–H groups in total. The van der Waals surface area contributed by atoms with Gasteiger partial charge in [-0.2, -0.15) is 10.2 Å². The molecular formula is C12H12N4O. The van der Waals surface area contributed by atoms with Gasteiger partial charge in [-0.05, 0) is 18.1 Å². The highest BCUT2D eigenvalue weighted by atomic mass is 16.1. The summed E-state index contributed by atoms with van der Waals surface area (Å²) in [7, 11) is 0. The van der Waals surface area contributed by atoms with Crippen LogP contribution in [0.1, 0.15) is 25.5 Å². The van der Waals surface area contributed by atoms with Crippen LogP contribution in [0.5, 0.6) is 0 Å². The normalized spacial score (nSPS) is 11.7. The number of nitrogens with one attached hydrogen (secondary N) is 1. The molecule has 5 heteroatoms. The molecule has 0 fully saturated rings. The zero-order valence-electron chi connectivity index (χ0n) is 9.64. The van der Waals surface area contributed by atoms with Crippen molar-refractivity contribution in [2.75, 3.05) is 0 Å². The predicted molar refractivity (Wildman–Crippen MR) is 65.2 cm³/mol. The number of H-pyrrole nitrogens is 1. The minimum Gasteiger partial charge on any atom is -0.265 e. The molecule has 3 rings (SSSR count). The summed E-state index contributed by atoms with van der Waals surface area (Å²) < 4.78 is 1.72. The highest BCUT2D eigenvalue weighted by molar-refractivity contribution is 5.95. The second kappa shape index (κ2) is 3.41. The zero-order chi connectivity index (χ0) is 12.0. The minimum atomic E-state index is -0.242. The van der Waals surface area contributed by atoms with Crippen molar-refractivity contribution in [3.8, 4) is 0 Å². The van der Waals surface area contributed by atoms with Gasteiger partial charge < -0.3 is 0 Å². The largest absolute Gasteiger partial charge is 0.292 e. The molecule has 3 aromatic rings. The van der Waals surface area contributed by atoms with Crippen LogP contribution in [-0.2, 0) is 0 Å². The van der Waals surface area contributed by atoms with Gasteiger partial charge in [-0.1, -0.05) is 19.9 Å². The summed E-state index contributed by atoms with van der Waals surface area (Å²) in [6.45, 7) is 4.10. The Morgan fingerprint density at radius 1 is 1.35 bits per heavy atom. The van der Waals surface area contributed by atoms with Crippen LogP contribution in [0.25, 0.3) is 16.4 Å². The van der Waals surface area contributed by atoms with Crippen molar-refractivity contribution in [1.82, 2.24) is 19.8 Å². The third-order valence-corrected chi connectivity index (χ3v) is 2.84. The third kappa shape index (κ3) is 1.35. The number of rotatable bonds is 1. The SMILES string of the molecule is CC(C)c1n[nH]c(=O)c2nn3ccccc3c12. The van der Waals surface area contributed by atoms with Crippen molar-refractivity contribution in [2.45, 2.75) is 19.8 Å². The van der Waals surface area contributed by atoms with Gasteiger partial charge >= 0.3 is 0 Å². The van der Waals surface area contributed by atoms with E-state index in [2.05, 4.69) is 15.3 Å². The van der Waals surface area contributed by atoms with E-state index in [0.29, 0.717) is 5.52 Å². The van der Waals surface area contributed by atoms with Gasteiger partial charge in [-0.25, -0.2) is 9.61 Å². The monoisotopic (exact) mass is 228 g/mol. The molecule has 3 heterocycles. The lowest BCUT2D eigenvalue weighted by molar-refractivity contribution is 0.793. The molecule has 0 aliphatic heterocycles. The lowest BCUT2D eigenvalue weighted by Gasteiger charge is -2.04. The Bertz CT molecular complexity index is 754. The van der Waals surface area contributed by atoms with E-state index in [9.17, 15) is 4.79 Å². The van der Waals surface area contributed by atoms with E-state index < -0.39 is 0 Å². The molecule has 0 bridgehead atoms. The van der Waals surface area contributed by atoms with Crippen LogP contribution in [0.15, 0.2) is 29.2 Å². The first-order chi connectivity index (χ1) is 8.18. The molecule has 0 spiro atoms. The van der Waals surface area contributed by atoms with Crippen LogP contribution in [0.2, 0.25) is 0 Å². The number of hydrogen-bond donors (Lipinski definition) is 1. The highest BCUT2D eigenvalue weighted by Crippen LogP contribution is 2.24. The number of aromatic nitrogens is 4. The van der Waals surface area contributed by atoms with Gasteiger partial charge in [0.05, 0.1) is 16.6 Å². The molecule has 0 aromatic carbocycles. The molecule has 0 radical (unpaired) electrons. The van der Waals surface area contributed by atoms with Crippen molar-refractivity contribution < 1.29 is 0 Å². The fraction of sp³-hybridized carbons (Fsp3) is 0.250. The van der Waals surface area contributed by atoms with E-state index in [4.69, 9.17) is 0 Å². The first-order valence-electron chi connectivity index (χ1n) is 5.54. The van der Waals surface area contributed by atoms with E-state index in [-0.39, 0.29) is 11.5 Å². The number of aromatic amines is 1. The lowest BCUT2D eigenvalue weighted by atomic mass is 10.1. The van der Waals surface area contributed by atoms with Crippen molar-refractivity contribution in [2.24, 2.45) is 0 Å². The molecule has 0 saturated heterocycles. The Balaban J connectivity index is 2.61. The number of fused-ring (bicyclic) bond motifs is 3. The fourth-order valence-electron chi connectivity index (χ4n) is 2.05. The molecule has 0 aliphatic carbocycles. The maximum absolute atomic E-state index is 11.7. The highest BCUT2D eigenvalue weighted by Gasteiger charge is 2.15. The van der Waals surface area contributed by atoms with Crippen molar-refractivity contribution >= 4 is 16.4 Å². The topological polar surface area (TPSA) is 63.0 Å². The van der Waals surface area contributed by atoms with Crippen LogP contribution < -0.4 is 5.56 Å². The van der Waals surface area contributed by atoms with Gasteiger partial charge in [0.15, 0.2) is 5.52 Å². The van der Waals surface area contributed by atoms with Crippen LogP contribution in [0.4, 0.5) is 0 Å². The van der Waals surface area contributed by atoms with Crippen LogP contribution >= 0.6 is 0 Å². The second-order valence-corrected chi connectivity index (χ2v) is 4.35. The van der Waals surface area contributed by atoms with Crippen molar-refractivity contribution in [3.63, 3.8) is 0 Å². The predicted octanol–water partition coefficient (Wildman–Crippen LogP) is 1.69. The average molecular weight is 228 g/mol. The van der Waals surface area contributed by atoms with Crippen molar-refractivity contribution in [3.05, 3.63) is 40.4 Å². The number of pyridine rings is 1. The van der Waals surface area contributed by atoms with Gasteiger partial charge in [0.1, 0.15) is 0 Å². The van der Waals surface area contributed by atoms with E-state index >= 15 is 0 Å². The first kappa shape index (κ1) is 10.0. The first-order valence-corrected chi connectivity index (χ1v) is 5.54. The van der Waals surface area contributed by atoms with E-state index in [1.54, 1.807) is 4.52 Å². The molecule has 3 aromatic heterocycles. The Kier molecular flexibility index (Phi) is 2.01. The summed E-state index contributed by atoms with van der Waals surface area (Å²) in [6.07, 6.45) is 1.83. The fourth-order valence-corrected chi connectivity index (χ4v) is 2.05. The lowest BCUT2D eigenvalue weighted by Crippen LogP contribution is -2.11. The Labute approximate surface area is 97.1 Å². The molecule has 5 nitrogen and oxygen atoms in total. The maximum Gasteiger partial charge on any atom is 0.292 e. The summed E-state index contributed by atoms with van der Waals surface area (Å²) in [5.41, 5.74) is 2.01. The van der Waals surface area contributed by atoms with E-state index in [1.165, 1.54) is 0 Å². The summed E-state index contributed by atoms with van der Waals surface area (Å²) >= 11 is 0. The Morgan fingerprint density at radius 2 is 2.18 bits per heavy atom. The summed E-state index contributed by atoms with van der Waals surface area (Å²) in [5, 5.41) is 11.8. The van der Waals surface area contributed by atoms with E-state index in [1.807, 2.05) is 38.2 Å². The molecular weight excluding hydrogens is 216 g/mol. The zero-order valence-corrected chi connectivity index (χ0v) is 9.64. The van der Waals surface area contributed by atoms with Gasteiger partial charge in [-0.3, -0.25) is 4.79 Å². The molecule has 86 valence electrons. The van der Waals surface area contributed by atoms with E-state index in [0.717, 1.165) is 16.6 Å². The summed E-state index contributed by atoms with van der Waals surface area (Å²) in [6, 6.07) is 5.76. The standard InChI is InChI=1S/C12H12N4O/c1-7(2)10-9-8-5-3-4-6-16(8)15-11(9)12(17)14-13-10/h3-7H,1-2H3,(H,14,17). The van der Waals surface area contributed by atoms with Gasteiger partial charge in [0, 0.05) is 6.20 Å². The Hall–Kier alpha value is -2.17. The maximum atomic E-state index is 11.7. The Morgan fingerprint density at radius 3 is 2.94 bits per heavy atom. The van der Waals surface area contributed by atoms with Crippen LogP contribution in [0, 0.1) is 0 Å². The molecule has 17 heavy (non-hydrogen) atoms. The molecule has 0 saturated carbocycles. The van der Waals surface area contributed by atoms with Crippen molar-refractivity contribution in [1.29, 1.82) is 0 Å². The molecule has 0 unspecified atom stereocenters. The number of hydrogen-bond acceptors (Lipinski definition) is 3. The smallest absolute Gasteiger partial charge is 0.265 e. The van der Waals surface area contributed by atoms with Gasteiger partial charge in [0.25, 0.3) is 5.56 Å². The molecule has 0 aliphatic rings. The summed E-state index contributed by atoms with van der Waals surface area (Å²) in [4.78, 5) is 11.7. The minimum absolute atomic E-state index is 0.238. The van der Waals surface area contributed by atoms with Crippen LogP contribution in [0.3, 0.4) is 0 Å². The van der Waals surface area contributed by atoms with Gasteiger partial charge in [-0.15, -0.1) is 0 Å². The third-order valence-electron chi connectivity index (χ3n) is 2.84. The molecule has 0 atom stereocenters. The van der Waals surface area contributed by atoms with Gasteiger partial charge in [0.2, 0.25) is 0 Å². The molecule has 0 amide bonds.